The summed E-state index contributed by atoms with van der Waals surface area (Å²) in [6.45, 7) is 0. The van der Waals surface area contributed by atoms with Gasteiger partial charge in [-0.15, -0.1) is 16.4 Å². The number of amides is 1. The Morgan fingerprint density at radius 2 is 1.91 bits per heavy atom. The van der Waals surface area contributed by atoms with Crippen LogP contribution in [-0.4, -0.2) is 16.1 Å². The van der Waals surface area contributed by atoms with Gasteiger partial charge in [-0.05, 0) is 24.3 Å². The molecule has 0 fully saturated rings. The molecule has 1 N–H and O–H groups in total. The number of rotatable bonds is 3. The number of hydrogen-bond acceptors (Lipinski definition) is 5. The van der Waals surface area contributed by atoms with E-state index in [9.17, 15) is 4.79 Å². The average molecular weight is 409 g/mol. The molecule has 23 heavy (non-hydrogen) atoms. The predicted octanol–water partition coefficient (Wildman–Crippen LogP) is 5.66. The van der Waals surface area contributed by atoms with E-state index in [1.165, 1.54) is 23.5 Å². The van der Waals surface area contributed by atoms with Gasteiger partial charge in [-0.1, -0.05) is 51.5 Å². The van der Waals surface area contributed by atoms with Crippen LogP contribution in [0.2, 0.25) is 18.7 Å². The van der Waals surface area contributed by atoms with Crippen molar-refractivity contribution in [3.63, 3.8) is 0 Å². The lowest BCUT2D eigenvalue weighted by molar-refractivity contribution is 0.102. The average Bonchev–Trinajstić information content (AvgIpc) is 3.07. The highest BCUT2D eigenvalue weighted by Gasteiger charge is 2.18. The molecule has 118 valence electrons. The van der Waals surface area contributed by atoms with E-state index in [0.29, 0.717) is 19.3 Å². The van der Waals surface area contributed by atoms with Gasteiger partial charge >= 0.3 is 6.01 Å². The van der Waals surface area contributed by atoms with E-state index in [4.69, 9.17) is 50.8 Å². The molecule has 0 aliphatic heterocycles. The summed E-state index contributed by atoms with van der Waals surface area (Å²) < 4.78 is 6.26. The summed E-state index contributed by atoms with van der Waals surface area (Å²) in [5.41, 5.74) is 0.686. The first-order valence-electron chi connectivity index (χ1n) is 5.99. The third-order valence-corrected chi connectivity index (χ3v) is 4.76. The maximum absolute atomic E-state index is 12.2. The minimum absolute atomic E-state index is 0.0977. The Labute approximate surface area is 154 Å². The van der Waals surface area contributed by atoms with Crippen molar-refractivity contribution in [3.05, 3.63) is 48.5 Å². The van der Waals surface area contributed by atoms with Crippen LogP contribution in [-0.2, 0) is 0 Å². The van der Waals surface area contributed by atoms with Gasteiger partial charge in [-0.25, -0.2) is 0 Å². The van der Waals surface area contributed by atoms with E-state index in [0.717, 1.165) is 0 Å². The lowest BCUT2D eigenvalue weighted by atomic mass is 10.2. The highest BCUT2D eigenvalue weighted by atomic mass is 35.5. The van der Waals surface area contributed by atoms with Gasteiger partial charge in [0.15, 0.2) is 0 Å². The lowest BCUT2D eigenvalue weighted by Crippen LogP contribution is -2.12. The molecule has 5 nitrogen and oxygen atoms in total. The number of carbonyl (C=O) groups is 1. The normalized spacial score (nSPS) is 10.8. The van der Waals surface area contributed by atoms with Gasteiger partial charge in [-0.3, -0.25) is 10.1 Å². The van der Waals surface area contributed by atoms with Crippen molar-refractivity contribution in [1.29, 1.82) is 0 Å². The molecule has 0 aliphatic rings. The standard InChI is InChI=1S/C13H5Cl4N3O2S/c14-5-1-2-8(15)6(3-5)11(21)18-13-20-19-12(22-13)7-4-9(16)23-10(7)17/h1-4H,(H,18,20,21). The zero-order valence-electron chi connectivity index (χ0n) is 10.9. The maximum atomic E-state index is 12.2. The number of nitrogens with zero attached hydrogens (tertiary/aromatic N) is 2. The van der Waals surface area contributed by atoms with E-state index in [1.807, 2.05) is 0 Å². The van der Waals surface area contributed by atoms with Gasteiger partial charge in [0.25, 0.3) is 11.8 Å². The van der Waals surface area contributed by atoms with Crippen molar-refractivity contribution < 1.29 is 9.21 Å². The summed E-state index contributed by atoms with van der Waals surface area (Å²) in [7, 11) is 0. The maximum Gasteiger partial charge on any atom is 0.322 e. The van der Waals surface area contributed by atoms with Crippen molar-refractivity contribution in [2.45, 2.75) is 0 Å². The number of halogens is 4. The number of aromatic nitrogens is 2. The van der Waals surface area contributed by atoms with Gasteiger partial charge in [-0.2, -0.15) is 0 Å². The Hall–Kier alpha value is -1.31. The molecule has 2 heterocycles. The van der Waals surface area contributed by atoms with Crippen molar-refractivity contribution in [2.75, 3.05) is 5.32 Å². The Morgan fingerprint density at radius 1 is 1.13 bits per heavy atom. The molecule has 0 radical (unpaired) electrons. The minimum atomic E-state index is -0.526. The number of hydrogen-bond donors (Lipinski definition) is 1. The van der Waals surface area contributed by atoms with E-state index >= 15 is 0 Å². The highest BCUT2D eigenvalue weighted by Crippen LogP contribution is 2.37. The first-order chi connectivity index (χ1) is 10.9. The number of carbonyl (C=O) groups excluding carboxylic acids is 1. The Kier molecular flexibility index (Phi) is 4.79. The van der Waals surface area contributed by atoms with E-state index < -0.39 is 5.91 Å². The second-order valence-corrected chi connectivity index (χ2v) is 7.36. The van der Waals surface area contributed by atoms with Crippen LogP contribution in [0, 0.1) is 0 Å². The van der Waals surface area contributed by atoms with Gasteiger partial charge < -0.3 is 4.42 Å². The molecule has 2 aromatic heterocycles. The fourth-order valence-electron chi connectivity index (χ4n) is 1.70. The molecule has 3 aromatic rings. The summed E-state index contributed by atoms with van der Waals surface area (Å²) in [4.78, 5) is 12.2. The van der Waals surface area contributed by atoms with Gasteiger partial charge in [0.05, 0.1) is 20.5 Å². The lowest BCUT2D eigenvalue weighted by Gasteiger charge is -2.03. The van der Waals surface area contributed by atoms with Crippen molar-refractivity contribution in [3.8, 4) is 11.5 Å². The smallest absolute Gasteiger partial charge is 0.322 e. The van der Waals surface area contributed by atoms with Crippen molar-refractivity contribution in [1.82, 2.24) is 10.2 Å². The number of nitrogens with one attached hydrogen (secondary N) is 1. The quantitative estimate of drug-likeness (QED) is 0.606. The molecule has 10 heteroatoms. The van der Waals surface area contributed by atoms with Gasteiger partial charge in [0, 0.05) is 5.02 Å². The fourth-order valence-corrected chi connectivity index (χ4v) is 3.53. The topological polar surface area (TPSA) is 68.0 Å². The van der Waals surface area contributed by atoms with E-state index in [1.54, 1.807) is 12.1 Å². The number of thiophene rings is 1. The molecule has 1 amide bonds. The molecule has 0 unspecified atom stereocenters. The van der Waals surface area contributed by atoms with Crippen molar-refractivity contribution in [2.24, 2.45) is 0 Å². The Morgan fingerprint density at radius 3 is 2.61 bits per heavy atom. The van der Waals surface area contributed by atoms with Crippen LogP contribution in [0.4, 0.5) is 6.01 Å². The first kappa shape index (κ1) is 16.5. The van der Waals surface area contributed by atoms with Gasteiger partial charge in [0.1, 0.15) is 4.34 Å². The SMILES string of the molecule is O=C(Nc1nnc(-c2cc(Cl)sc2Cl)o1)c1cc(Cl)ccc1Cl. The molecule has 0 saturated carbocycles. The molecular weight excluding hydrogens is 404 g/mol. The summed E-state index contributed by atoms with van der Waals surface area (Å²) in [5.74, 6) is -0.382. The van der Waals surface area contributed by atoms with Crippen LogP contribution in [0.15, 0.2) is 28.7 Å². The largest absolute Gasteiger partial charge is 0.403 e. The van der Waals surface area contributed by atoms with E-state index in [-0.39, 0.29) is 22.5 Å². The second-order valence-electron chi connectivity index (χ2n) is 4.23. The van der Waals surface area contributed by atoms with Gasteiger partial charge in [0.2, 0.25) is 0 Å². The highest BCUT2D eigenvalue weighted by molar-refractivity contribution is 7.20. The fraction of sp³-hybridized carbons (Fsp3) is 0. The third-order valence-electron chi connectivity index (χ3n) is 2.71. The molecule has 0 spiro atoms. The van der Waals surface area contributed by atoms with Crippen LogP contribution in [0.3, 0.4) is 0 Å². The molecule has 3 rings (SSSR count). The van der Waals surface area contributed by atoms with E-state index in [2.05, 4.69) is 15.5 Å². The monoisotopic (exact) mass is 407 g/mol. The predicted molar refractivity (Wildman–Crippen MR) is 92.0 cm³/mol. The minimum Gasteiger partial charge on any atom is -0.403 e. The second kappa shape index (κ2) is 6.67. The van der Waals surface area contributed by atoms with Crippen LogP contribution < -0.4 is 5.32 Å². The molecule has 0 aliphatic carbocycles. The summed E-state index contributed by atoms with van der Waals surface area (Å²) >= 11 is 24.9. The molecule has 1 aromatic carbocycles. The van der Waals surface area contributed by atoms with Crippen molar-refractivity contribution >= 4 is 69.7 Å². The molecule has 0 atom stereocenters. The number of benzene rings is 1. The van der Waals surface area contributed by atoms with Crippen LogP contribution in [0.5, 0.6) is 0 Å². The Balaban J connectivity index is 1.83. The molecular formula is C13H5Cl4N3O2S. The zero-order chi connectivity index (χ0) is 16.6. The summed E-state index contributed by atoms with van der Waals surface area (Å²) in [6, 6.07) is 6.03. The zero-order valence-corrected chi connectivity index (χ0v) is 14.8. The third kappa shape index (κ3) is 3.62. The summed E-state index contributed by atoms with van der Waals surface area (Å²) in [6.07, 6.45) is 0. The number of anilines is 1. The summed E-state index contributed by atoms with van der Waals surface area (Å²) in [5, 5.41) is 10.6. The molecule has 0 bridgehead atoms. The van der Waals surface area contributed by atoms with Crippen LogP contribution in [0.25, 0.3) is 11.5 Å². The molecule has 0 saturated heterocycles. The Bertz CT molecular complexity index is 893. The van der Waals surface area contributed by atoms with Crippen LogP contribution >= 0.6 is 57.7 Å². The first-order valence-corrected chi connectivity index (χ1v) is 8.32. The van der Waals surface area contributed by atoms with Crippen LogP contribution in [0.1, 0.15) is 10.4 Å².